The first-order valence-corrected chi connectivity index (χ1v) is 7.58. The average molecular weight is 304 g/mol. The van der Waals surface area contributed by atoms with E-state index in [1.807, 2.05) is 12.1 Å². The van der Waals surface area contributed by atoms with Crippen LogP contribution < -0.4 is 4.72 Å². The van der Waals surface area contributed by atoms with E-state index in [-0.39, 0.29) is 0 Å². The van der Waals surface area contributed by atoms with Gasteiger partial charge in [0.25, 0.3) is 0 Å². The smallest absolute Gasteiger partial charge is 0.211 e. The van der Waals surface area contributed by atoms with E-state index in [1.54, 1.807) is 6.07 Å². The van der Waals surface area contributed by atoms with E-state index < -0.39 is 10.0 Å². The molecule has 1 aliphatic rings. The number of nitrogens with one attached hydrogen (secondary N) is 1. The highest BCUT2D eigenvalue weighted by Crippen LogP contribution is 2.26. The lowest BCUT2D eigenvalue weighted by molar-refractivity contribution is 0.499. The van der Waals surface area contributed by atoms with Gasteiger partial charge in [-0.2, -0.15) is 0 Å². The molecule has 0 bridgehead atoms. The third kappa shape index (κ3) is 2.31. The Balaban J connectivity index is 2.54. The molecule has 1 atom stereocenters. The van der Waals surface area contributed by atoms with Gasteiger partial charge in [-0.05, 0) is 30.0 Å². The van der Waals surface area contributed by atoms with Gasteiger partial charge < -0.3 is 0 Å². The second-order valence-electron chi connectivity index (χ2n) is 4.08. The van der Waals surface area contributed by atoms with Crippen LogP contribution in [0.15, 0.2) is 27.6 Å². The summed E-state index contributed by atoms with van der Waals surface area (Å²) in [5.41, 5.74) is 0.917. The lowest BCUT2D eigenvalue weighted by Crippen LogP contribution is -2.26. The molecule has 88 valence electrons. The zero-order valence-electron chi connectivity index (χ0n) is 9.03. The minimum absolute atomic E-state index is 0.386. The maximum absolute atomic E-state index is 12.0. The van der Waals surface area contributed by atoms with Crippen molar-refractivity contribution in [1.82, 2.24) is 4.72 Å². The third-order valence-corrected chi connectivity index (χ3v) is 4.97. The first-order valence-electron chi connectivity index (χ1n) is 5.31. The van der Waals surface area contributed by atoms with Crippen molar-refractivity contribution in [3.05, 3.63) is 28.2 Å². The molecular formula is C11H14BrNO2S. The maximum atomic E-state index is 12.0. The number of hydrogen-bond acceptors (Lipinski definition) is 2. The summed E-state index contributed by atoms with van der Waals surface area (Å²) < 4.78 is 27.4. The van der Waals surface area contributed by atoms with E-state index in [9.17, 15) is 8.42 Å². The van der Waals surface area contributed by atoms with Crippen LogP contribution in [0.3, 0.4) is 0 Å². The minimum atomic E-state index is -3.32. The Morgan fingerprint density at radius 1 is 1.50 bits per heavy atom. The van der Waals surface area contributed by atoms with Crippen LogP contribution in [0.1, 0.15) is 18.9 Å². The number of sulfonamides is 1. The normalized spacial score (nSPS) is 23.5. The molecule has 1 aromatic carbocycles. The van der Waals surface area contributed by atoms with E-state index in [0.717, 1.165) is 22.9 Å². The number of fused-ring (bicyclic) bond motifs is 1. The molecule has 0 saturated carbocycles. The summed E-state index contributed by atoms with van der Waals surface area (Å²) in [4.78, 5) is 0.415. The average Bonchev–Trinajstić information content (AvgIpc) is 2.37. The summed E-state index contributed by atoms with van der Waals surface area (Å²) in [7, 11) is -3.32. The number of halogens is 1. The summed E-state index contributed by atoms with van der Waals surface area (Å²) in [6.45, 7) is 2.62. The third-order valence-electron chi connectivity index (χ3n) is 2.97. The second-order valence-corrected chi connectivity index (χ2v) is 6.73. The molecule has 1 heterocycles. The Morgan fingerprint density at radius 3 is 2.94 bits per heavy atom. The Hall–Kier alpha value is -0.390. The summed E-state index contributed by atoms with van der Waals surface area (Å²) in [5, 5.41) is 0. The summed E-state index contributed by atoms with van der Waals surface area (Å²) in [6, 6.07) is 5.47. The van der Waals surface area contributed by atoms with Crippen LogP contribution in [0.4, 0.5) is 0 Å². The van der Waals surface area contributed by atoms with Gasteiger partial charge in [0.15, 0.2) is 0 Å². The zero-order valence-corrected chi connectivity index (χ0v) is 11.4. The van der Waals surface area contributed by atoms with Crippen LogP contribution in [0.5, 0.6) is 0 Å². The summed E-state index contributed by atoms with van der Waals surface area (Å²) >= 11 is 3.31. The molecule has 1 N–H and O–H groups in total. The van der Waals surface area contributed by atoms with E-state index >= 15 is 0 Å². The van der Waals surface area contributed by atoms with Crippen LogP contribution in [-0.4, -0.2) is 15.0 Å². The second kappa shape index (κ2) is 4.47. The van der Waals surface area contributed by atoms with Gasteiger partial charge in [-0.25, -0.2) is 13.1 Å². The molecule has 0 aromatic heterocycles. The number of benzene rings is 1. The van der Waals surface area contributed by atoms with Crippen LogP contribution >= 0.6 is 15.9 Å². The minimum Gasteiger partial charge on any atom is -0.211 e. The quantitative estimate of drug-likeness (QED) is 0.865. The molecule has 3 nitrogen and oxygen atoms in total. The molecule has 1 aliphatic heterocycles. The molecule has 5 heteroatoms. The van der Waals surface area contributed by atoms with E-state index in [2.05, 4.69) is 27.6 Å². The van der Waals surface area contributed by atoms with Crippen molar-refractivity contribution >= 4 is 26.0 Å². The largest absolute Gasteiger partial charge is 0.240 e. The first kappa shape index (κ1) is 12.1. The van der Waals surface area contributed by atoms with Crippen molar-refractivity contribution in [2.45, 2.75) is 24.7 Å². The fourth-order valence-electron chi connectivity index (χ4n) is 1.92. The number of hydrogen-bond donors (Lipinski definition) is 1. The van der Waals surface area contributed by atoms with Gasteiger partial charge in [-0.1, -0.05) is 35.3 Å². The molecule has 0 radical (unpaired) electrons. The molecule has 0 saturated heterocycles. The molecule has 0 unspecified atom stereocenters. The molecule has 0 aliphatic carbocycles. The van der Waals surface area contributed by atoms with Crippen molar-refractivity contribution in [3.63, 3.8) is 0 Å². The fourth-order valence-corrected chi connectivity index (χ4v) is 3.83. The highest BCUT2D eigenvalue weighted by atomic mass is 79.9. The van der Waals surface area contributed by atoms with Crippen LogP contribution in [0.2, 0.25) is 0 Å². The maximum Gasteiger partial charge on any atom is 0.240 e. The topological polar surface area (TPSA) is 46.2 Å². The lowest BCUT2D eigenvalue weighted by Gasteiger charge is -2.10. The van der Waals surface area contributed by atoms with Gasteiger partial charge in [0.1, 0.15) is 0 Å². The van der Waals surface area contributed by atoms with E-state index in [1.165, 1.54) is 0 Å². The monoisotopic (exact) mass is 303 g/mol. The van der Waals surface area contributed by atoms with Crippen LogP contribution in [0, 0.1) is 5.92 Å². The van der Waals surface area contributed by atoms with E-state index in [4.69, 9.17) is 0 Å². The molecule has 0 amide bonds. The molecule has 0 fully saturated rings. The van der Waals surface area contributed by atoms with Gasteiger partial charge in [0, 0.05) is 11.0 Å². The van der Waals surface area contributed by atoms with Gasteiger partial charge in [-0.15, -0.1) is 0 Å². The van der Waals surface area contributed by atoms with Gasteiger partial charge in [0.2, 0.25) is 10.0 Å². The highest BCUT2D eigenvalue weighted by Gasteiger charge is 2.25. The Morgan fingerprint density at radius 2 is 2.25 bits per heavy atom. The highest BCUT2D eigenvalue weighted by molar-refractivity contribution is 9.10. The molecule has 0 spiro atoms. The van der Waals surface area contributed by atoms with Crippen LogP contribution in [0.25, 0.3) is 0 Å². The van der Waals surface area contributed by atoms with Crippen molar-refractivity contribution in [3.8, 4) is 0 Å². The fraction of sp³-hybridized carbons (Fsp3) is 0.455. The van der Waals surface area contributed by atoms with Crippen molar-refractivity contribution in [2.24, 2.45) is 5.92 Å². The first-order chi connectivity index (χ1) is 7.53. The predicted octanol–water partition coefficient (Wildman–Crippen LogP) is 2.31. The Labute approximate surface area is 104 Å². The van der Waals surface area contributed by atoms with Crippen molar-refractivity contribution in [1.29, 1.82) is 0 Å². The van der Waals surface area contributed by atoms with Crippen molar-refractivity contribution < 1.29 is 8.42 Å². The van der Waals surface area contributed by atoms with Crippen LogP contribution in [-0.2, 0) is 16.4 Å². The van der Waals surface area contributed by atoms with Crippen molar-refractivity contribution in [2.75, 3.05) is 6.54 Å². The van der Waals surface area contributed by atoms with Gasteiger partial charge in [-0.3, -0.25) is 0 Å². The SMILES string of the molecule is CC[C@@H]1CNS(=O)(=O)c2cc(Br)ccc2C1. The summed E-state index contributed by atoms with van der Waals surface area (Å²) in [6.07, 6.45) is 1.81. The number of rotatable bonds is 1. The van der Waals surface area contributed by atoms with Gasteiger partial charge in [0.05, 0.1) is 4.90 Å². The zero-order chi connectivity index (χ0) is 11.8. The Kier molecular flexibility index (Phi) is 3.37. The molecule has 2 rings (SSSR count). The molecular weight excluding hydrogens is 290 g/mol. The van der Waals surface area contributed by atoms with E-state index in [0.29, 0.717) is 17.4 Å². The predicted molar refractivity (Wildman–Crippen MR) is 66.8 cm³/mol. The lowest BCUT2D eigenvalue weighted by atomic mass is 9.97. The van der Waals surface area contributed by atoms with Gasteiger partial charge >= 0.3 is 0 Å². The summed E-state index contributed by atoms with van der Waals surface area (Å²) in [5.74, 6) is 0.386. The Bertz CT molecular complexity index is 499. The molecule has 16 heavy (non-hydrogen) atoms. The standard InChI is InChI=1S/C11H14BrNO2S/c1-2-8-5-9-3-4-10(12)6-11(9)16(14,15)13-7-8/h3-4,6,8,13H,2,5,7H2,1H3/t8-/m0/s1. The molecule has 1 aromatic rings.